The number of fused-ring (bicyclic) bond motifs is 3. The summed E-state index contributed by atoms with van der Waals surface area (Å²) in [7, 11) is 1.55. The van der Waals surface area contributed by atoms with Crippen LogP contribution in [0, 0.1) is 5.92 Å². The van der Waals surface area contributed by atoms with Gasteiger partial charge in [0.25, 0.3) is 0 Å². The first-order valence-corrected chi connectivity index (χ1v) is 8.78. The number of hydrogen-bond donors (Lipinski definition) is 2. The van der Waals surface area contributed by atoms with E-state index >= 15 is 0 Å². The van der Waals surface area contributed by atoms with E-state index in [1.807, 2.05) is 0 Å². The van der Waals surface area contributed by atoms with Crippen molar-refractivity contribution < 1.29 is 29.3 Å². The van der Waals surface area contributed by atoms with E-state index in [2.05, 4.69) is 4.99 Å². The summed E-state index contributed by atoms with van der Waals surface area (Å²) in [5.41, 5.74) is -3.42. The van der Waals surface area contributed by atoms with Gasteiger partial charge in [0.15, 0.2) is 5.60 Å². The molecule has 3 atom stereocenters. The minimum absolute atomic E-state index is 0.0533. The van der Waals surface area contributed by atoms with Crippen LogP contribution < -0.4 is 4.74 Å². The summed E-state index contributed by atoms with van der Waals surface area (Å²) >= 11 is 0. The second-order valence-electron chi connectivity index (χ2n) is 6.96. The molecule has 7 nitrogen and oxygen atoms in total. The van der Waals surface area contributed by atoms with Gasteiger partial charge in [-0.3, -0.25) is 14.6 Å². The summed E-state index contributed by atoms with van der Waals surface area (Å²) in [6.45, 7) is 1.44. The van der Waals surface area contributed by atoms with Crippen molar-refractivity contribution in [2.75, 3.05) is 7.11 Å². The molecule has 1 heterocycles. The maximum atomic E-state index is 12.9. The van der Waals surface area contributed by atoms with Crippen LogP contribution in [0.4, 0.5) is 0 Å². The summed E-state index contributed by atoms with van der Waals surface area (Å²) in [6, 6.07) is 13.2. The van der Waals surface area contributed by atoms with Crippen LogP contribution in [0.1, 0.15) is 28.4 Å². The minimum atomic E-state index is -2.42. The van der Waals surface area contributed by atoms with Crippen molar-refractivity contribution in [2.24, 2.45) is 10.9 Å². The lowest BCUT2D eigenvalue weighted by Gasteiger charge is -2.31. The first-order chi connectivity index (χ1) is 13.3. The van der Waals surface area contributed by atoms with E-state index < -0.39 is 29.0 Å². The Kier molecular flexibility index (Phi) is 4.10. The smallest absolute Gasteiger partial charge is 0.318 e. The first kappa shape index (κ1) is 18.3. The number of Topliss-reactive ketones (excluding diaryl/α,β-unsaturated/α-hetero) is 1. The molecule has 0 radical (unpaired) electrons. The zero-order chi connectivity index (χ0) is 20.1. The van der Waals surface area contributed by atoms with Gasteiger partial charge >= 0.3 is 5.97 Å². The van der Waals surface area contributed by atoms with Gasteiger partial charge in [0, 0.05) is 16.8 Å². The Morgan fingerprint density at radius 3 is 2.50 bits per heavy atom. The number of carbonyl (C=O) groups excluding carboxylic acids is 2. The molecule has 1 aliphatic carbocycles. The Morgan fingerprint density at radius 2 is 1.82 bits per heavy atom. The molecule has 1 aliphatic heterocycles. The van der Waals surface area contributed by atoms with Gasteiger partial charge in [0.1, 0.15) is 18.3 Å². The molecule has 7 heteroatoms. The molecule has 2 aliphatic rings. The van der Waals surface area contributed by atoms with Crippen LogP contribution in [0.25, 0.3) is 0 Å². The summed E-state index contributed by atoms with van der Waals surface area (Å²) < 4.78 is 10.4. The van der Waals surface area contributed by atoms with Crippen molar-refractivity contribution in [1.29, 1.82) is 0 Å². The summed E-state index contributed by atoms with van der Waals surface area (Å²) in [5, 5.41) is 22.3. The van der Waals surface area contributed by atoms with Crippen molar-refractivity contribution in [3.05, 3.63) is 65.2 Å². The predicted octanol–water partition coefficient (Wildman–Crippen LogP) is 1.60. The quantitative estimate of drug-likeness (QED) is 0.780. The van der Waals surface area contributed by atoms with Gasteiger partial charge < -0.3 is 19.7 Å². The molecule has 0 amide bonds. The molecule has 2 N–H and O–H groups in total. The molecule has 144 valence electrons. The van der Waals surface area contributed by atoms with Gasteiger partial charge in [-0.25, -0.2) is 0 Å². The SMILES string of the molecule is COc1ccc(COC(=O)C2C(C)=N[C@]3(O)c4ccccc4C(=O)[C@@]23O)cc1. The zero-order valence-corrected chi connectivity index (χ0v) is 15.4. The van der Waals surface area contributed by atoms with Crippen LogP contribution >= 0.6 is 0 Å². The molecule has 0 aromatic heterocycles. The topological polar surface area (TPSA) is 105 Å². The number of nitrogens with zero attached hydrogens (tertiary/aromatic N) is 1. The predicted molar refractivity (Wildman–Crippen MR) is 99.0 cm³/mol. The molecule has 0 spiro atoms. The third kappa shape index (κ3) is 2.33. The number of methoxy groups -OCH3 is 1. The Bertz CT molecular complexity index is 998. The van der Waals surface area contributed by atoms with E-state index in [0.717, 1.165) is 0 Å². The van der Waals surface area contributed by atoms with Crippen LogP contribution in [0.2, 0.25) is 0 Å². The normalized spacial score (nSPS) is 27.8. The summed E-state index contributed by atoms with van der Waals surface area (Å²) in [4.78, 5) is 29.8. The minimum Gasteiger partial charge on any atom is -0.497 e. The van der Waals surface area contributed by atoms with E-state index in [0.29, 0.717) is 11.3 Å². The number of benzene rings is 2. The van der Waals surface area contributed by atoms with Crippen LogP contribution in [0.5, 0.6) is 5.75 Å². The largest absolute Gasteiger partial charge is 0.497 e. The Balaban J connectivity index is 1.61. The molecule has 2 aromatic carbocycles. The van der Waals surface area contributed by atoms with Gasteiger partial charge in [-0.05, 0) is 24.6 Å². The van der Waals surface area contributed by atoms with Crippen LogP contribution in [0.3, 0.4) is 0 Å². The van der Waals surface area contributed by atoms with Crippen LogP contribution in [-0.2, 0) is 21.9 Å². The molecule has 0 bridgehead atoms. The van der Waals surface area contributed by atoms with E-state index in [9.17, 15) is 19.8 Å². The highest BCUT2D eigenvalue weighted by atomic mass is 16.5. The molecule has 1 unspecified atom stereocenters. The van der Waals surface area contributed by atoms with E-state index in [1.54, 1.807) is 43.5 Å². The van der Waals surface area contributed by atoms with Gasteiger partial charge in [-0.15, -0.1) is 0 Å². The Hall–Kier alpha value is -3.03. The average molecular weight is 381 g/mol. The summed E-state index contributed by atoms with van der Waals surface area (Å²) in [5.74, 6) is -2.28. The molecule has 28 heavy (non-hydrogen) atoms. The molecule has 2 aromatic rings. The number of ether oxygens (including phenoxy) is 2. The van der Waals surface area contributed by atoms with Crippen LogP contribution in [-0.4, -0.2) is 40.4 Å². The van der Waals surface area contributed by atoms with Crippen molar-refractivity contribution in [3.8, 4) is 5.75 Å². The molecule has 4 rings (SSSR count). The second kappa shape index (κ2) is 6.25. The zero-order valence-electron chi connectivity index (χ0n) is 15.4. The molecule has 0 fully saturated rings. The van der Waals surface area contributed by atoms with Gasteiger partial charge in [0.2, 0.25) is 11.5 Å². The lowest BCUT2D eigenvalue weighted by atomic mass is 9.79. The molecule has 0 saturated heterocycles. The first-order valence-electron chi connectivity index (χ1n) is 8.78. The van der Waals surface area contributed by atoms with E-state index in [4.69, 9.17) is 9.47 Å². The van der Waals surface area contributed by atoms with E-state index in [1.165, 1.54) is 19.1 Å². The number of esters is 1. The fraction of sp³-hybridized carbons (Fsp3) is 0.286. The highest BCUT2D eigenvalue weighted by Crippen LogP contribution is 2.53. The third-order valence-electron chi connectivity index (χ3n) is 5.37. The number of carbonyl (C=O) groups is 2. The molecule has 0 saturated carbocycles. The van der Waals surface area contributed by atoms with Gasteiger partial charge in [-0.2, -0.15) is 0 Å². The van der Waals surface area contributed by atoms with Gasteiger partial charge in [0.05, 0.1) is 7.11 Å². The lowest BCUT2D eigenvalue weighted by molar-refractivity contribution is -0.166. The maximum Gasteiger partial charge on any atom is 0.318 e. The fourth-order valence-electron chi connectivity index (χ4n) is 3.95. The number of hydrogen-bond acceptors (Lipinski definition) is 7. The average Bonchev–Trinajstić information content (AvgIpc) is 3.01. The summed E-state index contributed by atoms with van der Waals surface area (Å²) in [6.07, 6.45) is 0. The number of aliphatic imine (C=N–C) groups is 1. The number of rotatable bonds is 4. The van der Waals surface area contributed by atoms with Crippen molar-refractivity contribution in [3.63, 3.8) is 0 Å². The fourth-order valence-corrected chi connectivity index (χ4v) is 3.95. The highest BCUT2D eigenvalue weighted by Gasteiger charge is 2.72. The van der Waals surface area contributed by atoms with Gasteiger partial charge in [-0.1, -0.05) is 36.4 Å². The number of aliphatic hydroxyl groups is 2. The number of ketones is 1. The lowest BCUT2D eigenvalue weighted by Crippen LogP contribution is -2.56. The van der Waals surface area contributed by atoms with Crippen LogP contribution in [0.15, 0.2) is 53.5 Å². The highest BCUT2D eigenvalue weighted by molar-refractivity contribution is 6.18. The standard InChI is InChI=1S/C21H19NO6/c1-12-17(19(24)28-11-13-7-9-14(27-2)10-8-13)20(25)18(23)15-5-3-4-6-16(15)21(20,26)22-12/h3-10,17,25-26H,11H2,1-2H3/t17?,20-,21-/m0/s1. The monoisotopic (exact) mass is 381 g/mol. The second-order valence-corrected chi connectivity index (χ2v) is 6.96. The molecular weight excluding hydrogens is 362 g/mol. The maximum absolute atomic E-state index is 12.9. The van der Waals surface area contributed by atoms with Crippen molar-refractivity contribution in [1.82, 2.24) is 0 Å². The molecular formula is C21H19NO6. The van der Waals surface area contributed by atoms with Crippen molar-refractivity contribution in [2.45, 2.75) is 24.9 Å². The Morgan fingerprint density at radius 1 is 1.14 bits per heavy atom. The third-order valence-corrected chi connectivity index (χ3v) is 5.37. The van der Waals surface area contributed by atoms with Crippen molar-refractivity contribution >= 4 is 17.5 Å². The Labute approximate surface area is 161 Å². The van der Waals surface area contributed by atoms with E-state index in [-0.39, 0.29) is 23.4 Å².